The van der Waals surface area contributed by atoms with E-state index in [1.807, 2.05) is 0 Å². The highest BCUT2D eigenvalue weighted by Crippen LogP contribution is 2.38. The minimum Gasteiger partial charge on any atom is -0.535 e. The number of carbonyl (C=O) groups is 2. The van der Waals surface area contributed by atoms with Crippen molar-refractivity contribution in [1.82, 2.24) is 5.32 Å². The molecule has 0 radical (unpaired) electrons. The maximum absolute atomic E-state index is 12.6. The Morgan fingerprint density at radius 3 is 2.79 bits per heavy atom. The van der Waals surface area contributed by atoms with Gasteiger partial charge in [-0.3, -0.25) is 4.79 Å². The Bertz CT molecular complexity index is 725. The Balaban J connectivity index is 1.48. The van der Waals surface area contributed by atoms with E-state index in [2.05, 4.69) is 12.2 Å². The molecule has 1 aromatic carbocycles. The van der Waals surface area contributed by atoms with Gasteiger partial charge in [-0.05, 0) is 68.7 Å². The van der Waals surface area contributed by atoms with Crippen LogP contribution in [0.3, 0.4) is 0 Å². The first kappa shape index (κ1) is 21.8. The maximum atomic E-state index is 12.6. The molecule has 1 aromatic rings. The molecule has 0 bridgehead atoms. The molecule has 29 heavy (non-hydrogen) atoms. The summed E-state index contributed by atoms with van der Waals surface area (Å²) in [5, 5.41) is 23.1. The largest absolute Gasteiger partial charge is 0.535 e. The molecule has 2 unspecified atom stereocenters. The summed E-state index contributed by atoms with van der Waals surface area (Å²) >= 11 is 0. The zero-order chi connectivity index (χ0) is 20.8. The number of hydrogen-bond donors (Lipinski definition) is 3. The van der Waals surface area contributed by atoms with Crippen LogP contribution in [0.25, 0.3) is 0 Å². The van der Waals surface area contributed by atoms with Crippen molar-refractivity contribution in [2.75, 3.05) is 13.1 Å². The standard InChI is InChI=1S/C22H32BNO5/c1-2-3-9-24-14-16-8-7-15(10-16)11-19(25)13-18-12-17-5-4-6-20(22(26)27)21(17)29-23(18)28/h4-6,15-16,18,24,28H,2-3,7-14H2,1H3,(H,26,27)/t15?,16?,18-/m1/s1. The second kappa shape index (κ2) is 10.3. The molecule has 7 heteroatoms. The number of hydrogen-bond acceptors (Lipinski definition) is 5. The van der Waals surface area contributed by atoms with Gasteiger partial charge in [-0.15, -0.1) is 0 Å². The molecule has 1 heterocycles. The number of nitrogens with one attached hydrogen (secondary N) is 1. The predicted molar refractivity (Wildman–Crippen MR) is 112 cm³/mol. The molecule has 3 atom stereocenters. The summed E-state index contributed by atoms with van der Waals surface area (Å²) < 4.78 is 5.50. The van der Waals surface area contributed by atoms with Crippen molar-refractivity contribution in [1.29, 1.82) is 0 Å². The fourth-order valence-corrected chi connectivity index (χ4v) is 4.68. The topological polar surface area (TPSA) is 95.9 Å². The Hall–Kier alpha value is -1.86. The van der Waals surface area contributed by atoms with Gasteiger partial charge in [0.2, 0.25) is 0 Å². The van der Waals surface area contributed by atoms with Crippen LogP contribution in [0.1, 0.15) is 67.8 Å². The summed E-state index contributed by atoms with van der Waals surface area (Å²) in [5.41, 5.74) is 0.794. The Morgan fingerprint density at radius 1 is 1.24 bits per heavy atom. The van der Waals surface area contributed by atoms with E-state index in [9.17, 15) is 19.7 Å². The Morgan fingerprint density at radius 2 is 2.03 bits per heavy atom. The highest BCUT2D eigenvalue weighted by atomic mass is 16.5. The van der Waals surface area contributed by atoms with Crippen molar-refractivity contribution in [3.05, 3.63) is 29.3 Å². The van der Waals surface area contributed by atoms with Crippen molar-refractivity contribution in [3.8, 4) is 5.75 Å². The van der Waals surface area contributed by atoms with E-state index in [4.69, 9.17) is 4.65 Å². The van der Waals surface area contributed by atoms with Crippen molar-refractivity contribution in [3.63, 3.8) is 0 Å². The average molecular weight is 401 g/mol. The summed E-state index contributed by atoms with van der Waals surface area (Å²) in [7, 11) is -1.15. The lowest BCUT2D eigenvalue weighted by atomic mass is 9.64. The normalized spacial score (nSPS) is 23.5. The van der Waals surface area contributed by atoms with Gasteiger partial charge in [-0.2, -0.15) is 0 Å². The van der Waals surface area contributed by atoms with Crippen molar-refractivity contribution in [2.24, 2.45) is 11.8 Å². The van der Waals surface area contributed by atoms with Crippen molar-refractivity contribution in [2.45, 2.75) is 64.1 Å². The number of rotatable bonds is 10. The van der Waals surface area contributed by atoms with Crippen molar-refractivity contribution >= 4 is 18.9 Å². The average Bonchev–Trinajstić information content (AvgIpc) is 3.12. The number of fused-ring (bicyclic) bond motifs is 1. The zero-order valence-electron chi connectivity index (χ0n) is 17.2. The molecule has 2 aliphatic rings. The van der Waals surface area contributed by atoms with E-state index in [1.165, 1.54) is 25.3 Å². The van der Waals surface area contributed by atoms with Crippen LogP contribution in [0.2, 0.25) is 5.82 Å². The second-order valence-corrected chi connectivity index (χ2v) is 8.62. The highest BCUT2D eigenvalue weighted by Gasteiger charge is 2.38. The Kier molecular flexibility index (Phi) is 7.73. The molecule has 0 aromatic heterocycles. The van der Waals surface area contributed by atoms with E-state index in [0.29, 0.717) is 24.7 Å². The predicted octanol–water partition coefficient (Wildman–Crippen LogP) is 3.33. The van der Waals surface area contributed by atoms with Crippen LogP contribution in [-0.4, -0.2) is 42.1 Å². The Labute approximate surface area is 173 Å². The first-order valence-corrected chi connectivity index (χ1v) is 10.9. The van der Waals surface area contributed by atoms with Gasteiger partial charge in [0.25, 0.3) is 0 Å². The minimum absolute atomic E-state index is 0.0517. The van der Waals surface area contributed by atoms with Gasteiger partial charge in [-0.1, -0.05) is 25.5 Å². The van der Waals surface area contributed by atoms with Crippen LogP contribution < -0.4 is 9.97 Å². The van der Waals surface area contributed by atoms with Gasteiger partial charge in [-0.25, -0.2) is 4.79 Å². The molecule has 3 rings (SSSR count). The molecular weight excluding hydrogens is 369 g/mol. The number of ketones is 1. The van der Waals surface area contributed by atoms with Gasteiger partial charge in [0.1, 0.15) is 11.5 Å². The van der Waals surface area contributed by atoms with Crippen LogP contribution in [0, 0.1) is 11.8 Å². The molecule has 6 nitrogen and oxygen atoms in total. The second-order valence-electron chi connectivity index (χ2n) is 8.62. The fourth-order valence-electron chi connectivity index (χ4n) is 4.68. The molecule has 3 N–H and O–H groups in total. The van der Waals surface area contributed by atoms with E-state index in [1.54, 1.807) is 12.1 Å². The first-order chi connectivity index (χ1) is 14.0. The number of unbranched alkanes of at least 4 members (excludes halogenated alkanes) is 1. The number of benzene rings is 1. The summed E-state index contributed by atoms with van der Waals surface area (Å²) in [4.78, 5) is 24.0. The van der Waals surface area contributed by atoms with Gasteiger partial charge in [0.15, 0.2) is 0 Å². The van der Waals surface area contributed by atoms with E-state index in [0.717, 1.165) is 31.5 Å². The third kappa shape index (κ3) is 5.83. The zero-order valence-corrected chi connectivity index (χ0v) is 17.2. The van der Waals surface area contributed by atoms with Crippen LogP contribution >= 0.6 is 0 Å². The van der Waals surface area contributed by atoms with Crippen molar-refractivity contribution < 1.29 is 24.4 Å². The van der Waals surface area contributed by atoms with Crippen LogP contribution in [0.15, 0.2) is 18.2 Å². The van der Waals surface area contributed by atoms with Crippen LogP contribution in [-0.2, 0) is 11.2 Å². The molecule has 1 aliphatic carbocycles. The van der Waals surface area contributed by atoms with E-state index < -0.39 is 13.1 Å². The monoisotopic (exact) mass is 401 g/mol. The fraction of sp³-hybridized carbons (Fsp3) is 0.636. The molecule has 158 valence electrons. The SMILES string of the molecule is CCCCNCC1CCC(CC(=O)C[C@H]2Cc3cccc(C(=O)O)c3OB2O)C1. The third-order valence-electron chi connectivity index (χ3n) is 6.25. The number of para-hydroxylation sites is 1. The minimum atomic E-state index is -1.15. The van der Waals surface area contributed by atoms with E-state index >= 15 is 0 Å². The lowest BCUT2D eigenvalue weighted by Crippen LogP contribution is -2.36. The maximum Gasteiger partial charge on any atom is 0.526 e. The number of Topliss-reactive ketones (excluding diaryl/α,β-unsaturated/α-hetero) is 1. The molecule has 1 saturated carbocycles. The van der Waals surface area contributed by atoms with Gasteiger partial charge < -0.3 is 20.1 Å². The molecule has 0 saturated heterocycles. The smallest absolute Gasteiger partial charge is 0.526 e. The first-order valence-electron chi connectivity index (χ1n) is 10.9. The molecular formula is C22H32BNO5. The van der Waals surface area contributed by atoms with Crippen LogP contribution in [0.5, 0.6) is 5.75 Å². The molecule has 1 aliphatic heterocycles. The molecule has 1 fully saturated rings. The number of carbonyl (C=O) groups excluding carboxylic acids is 1. The third-order valence-corrected chi connectivity index (χ3v) is 6.25. The lowest BCUT2D eigenvalue weighted by molar-refractivity contribution is -0.120. The van der Waals surface area contributed by atoms with Crippen LogP contribution in [0.4, 0.5) is 0 Å². The van der Waals surface area contributed by atoms with E-state index in [-0.39, 0.29) is 29.3 Å². The summed E-state index contributed by atoms with van der Waals surface area (Å²) in [6.45, 7) is 4.31. The number of aromatic carboxylic acids is 1. The number of carboxylic acid groups (broad SMARTS) is 1. The molecule has 0 spiro atoms. The molecule has 0 amide bonds. The summed E-state index contributed by atoms with van der Waals surface area (Å²) in [5.74, 6) is 0.0867. The van der Waals surface area contributed by atoms with Gasteiger partial charge in [0.05, 0.1) is 5.56 Å². The summed E-state index contributed by atoms with van der Waals surface area (Å²) in [6, 6.07) is 4.95. The summed E-state index contributed by atoms with van der Waals surface area (Å²) in [6.07, 6.45) is 7.07. The number of carboxylic acids is 1. The van der Waals surface area contributed by atoms with Gasteiger partial charge >= 0.3 is 13.1 Å². The lowest BCUT2D eigenvalue weighted by Gasteiger charge is -2.28. The quantitative estimate of drug-likeness (QED) is 0.411. The van der Waals surface area contributed by atoms with Gasteiger partial charge in [0, 0.05) is 18.7 Å². The highest BCUT2D eigenvalue weighted by molar-refractivity contribution is 6.47.